The van der Waals surface area contributed by atoms with E-state index >= 15 is 0 Å². The molecule has 0 fully saturated rings. The molecule has 1 aromatic carbocycles. The van der Waals surface area contributed by atoms with Gasteiger partial charge >= 0.3 is 0 Å². The molecular formula is C14H12Cl2N2O3S2. The highest BCUT2D eigenvalue weighted by molar-refractivity contribution is 8.14. The summed E-state index contributed by atoms with van der Waals surface area (Å²) in [4.78, 5) is 20.5. The average Bonchev–Trinajstić information content (AvgIpc) is 2.49. The van der Waals surface area contributed by atoms with Gasteiger partial charge in [-0.1, -0.05) is 30.1 Å². The highest BCUT2D eigenvalue weighted by atomic mass is 35.5. The lowest BCUT2D eigenvalue weighted by Gasteiger charge is -2.06. The number of carbonyl (C=O) groups is 1. The molecule has 0 unspecified atom stereocenters. The summed E-state index contributed by atoms with van der Waals surface area (Å²) in [7, 11) is -3.62. The molecule has 0 radical (unpaired) electrons. The van der Waals surface area contributed by atoms with Crippen molar-refractivity contribution in [2.24, 2.45) is 0 Å². The predicted molar refractivity (Wildman–Crippen MR) is 91.0 cm³/mol. The van der Waals surface area contributed by atoms with Gasteiger partial charge in [0.15, 0.2) is 0 Å². The molecule has 9 heteroatoms. The van der Waals surface area contributed by atoms with Crippen molar-refractivity contribution in [3.63, 3.8) is 0 Å². The Hall–Kier alpha value is -1.15. The van der Waals surface area contributed by atoms with Gasteiger partial charge in [-0.15, -0.1) is 0 Å². The molecular weight excluding hydrogens is 379 g/mol. The largest absolute Gasteiger partial charge is 0.279 e. The van der Waals surface area contributed by atoms with Crippen LogP contribution in [0.5, 0.6) is 0 Å². The minimum Gasteiger partial charge on any atom is -0.279 e. The highest BCUT2D eigenvalue weighted by Gasteiger charge is 2.22. The van der Waals surface area contributed by atoms with E-state index in [0.717, 1.165) is 18.0 Å². The van der Waals surface area contributed by atoms with E-state index in [1.807, 2.05) is 0 Å². The van der Waals surface area contributed by atoms with Gasteiger partial charge in [-0.05, 0) is 42.4 Å². The number of carbonyl (C=O) groups excluding carboxylic acids is 1. The Kier molecular flexibility index (Phi) is 6.02. The van der Waals surface area contributed by atoms with Crippen molar-refractivity contribution in [3.8, 4) is 0 Å². The molecule has 1 aromatic heterocycles. The van der Waals surface area contributed by atoms with Gasteiger partial charge in [0.1, 0.15) is 5.69 Å². The second-order valence-corrected chi connectivity index (χ2v) is 8.40. The van der Waals surface area contributed by atoms with Gasteiger partial charge < -0.3 is 0 Å². The standard InChI is InChI=1S/C14H12Cl2N2O3S2/c1-2-7-23(20,21)14-17-8-11(16)12(18-14)13(19)22-10-5-3-9(15)4-6-10/h3-6,8H,2,7H2,1H3. The van der Waals surface area contributed by atoms with Crippen LogP contribution in [0, 0.1) is 0 Å². The number of rotatable bonds is 5. The molecule has 0 amide bonds. The Labute approximate surface area is 148 Å². The van der Waals surface area contributed by atoms with Crippen molar-refractivity contribution in [3.05, 3.63) is 46.2 Å². The van der Waals surface area contributed by atoms with Gasteiger partial charge in [0.05, 0.1) is 17.0 Å². The van der Waals surface area contributed by atoms with Crippen LogP contribution in [0.15, 0.2) is 40.5 Å². The van der Waals surface area contributed by atoms with Crippen molar-refractivity contribution in [2.75, 3.05) is 5.75 Å². The summed E-state index contributed by atoms with van der Waals surface area (Å²) in [6.45, 7) is 1.73. The van der Waals surface area contributed by atoms with Crippen molar-refractivity contribution in [1.82, 2.24) is 9.97 Å². The Bertz CT molecular complexity index is 824. The molecule has 0 saturated heterocycles. The van der Waals surface area contributed by atoms with E-state index in [1.165, 1.54) is 0 Å². The molecule has 2 rings (SSSR count). The zero-order valence-electron chi connectivity index (χ0n) is 12.0. The number of thioether (sulfide) groups is 1. The normalized spacial score (nSPS) is 11.4. The third-order valence-corrected chi connectivity index (χ3v) is 5.80. The summed E-state index contributed by atoms with van der Waals surface area (Å²) < 4.78 is 24.0. The number of hydrogen-bond donors (Lipinski definition) is 0. The van der Waals surface area contributed by atoms with Crippen molar-refractivity contribution < 1.29 is 13.2 Å². The van der Waals surface area contributed by atoms with Gasteiger partial charge in [-0.2, -0.15) is 0 Å². The van der Waals surface area contributed by atoms with E-state index < -0.39 is 15.0 Å². The summed E-state index contributed by atoms with van der Waals surface area (Å²) in [6, 6.07) is 6.65. The smallest absolute Gasteiger partial charge is 0.247 e. The summed E-state index contributed by atoms with van der Waals surface area (Å²) in [5, 5.41) is -0.293. The molecule has 1 heterocycles. The summed E-state index contributed by atoms with van der Waals surface area (Å²) in [6.07, 6.45) is 1.56. The fourth-order valence-corrected chi connectivity index (χ4v) is 3.92. The van der Waals surface area contributed by atoms with Crippen LogP contribution in [0.1, 0.15) is 23.8 Å². The highest BCUT2D eigenvalue weighted by Crippen LogP contribution is 2.27. The lowest BCUT2D eigenvalue weighted by atomic mass is 10.4. The van der Waals surface area contributed by atoms with Crippen LogP contribution in [-0.4, -0.2) is 29.3 Å². The first-order valence-corrected chi connectivity index (χ1v) is 9.79. The van der Waals surface area contributed by atoms with Crippen molar-refractivity contribution in [1.29, 1.82) is 0 Å². The van der Waals surface area contributed by atoms with Crippen LogP contribution < -0.4 is 0 Å². The molecule has 0 aliphatic carbocycles. The first kappa shape index (κ1) is 18.2. The quantitative estimate of drug-likeness (QED) is 0.568. The second-order valence-electron chi connectivity index (χ2n) is 4.51. The molecule has 5 nitrogen and oxygen atoms in total. The maximum Gasteiger partial charge on any atom is 0.247 e. The summed E-state index contributed by atoms with van der Waals surface area (Å²) >= 11 is 12.6. The molecule has 0 bridgehead atoms. The SMILES string of the molecule is CCCS(=O)(=O)c1ncc(Cl)c(C(=O)Sc2ccc(Cl)cc2)n1. The number of benzene rings is 1. The van der Waals surface area contributed by atoms with Gasteiger partial charge in [-0.25, -0.2) is 18.4 Å². The summed E-state index contributed by atoms with van der Waals surface area (Å²) in [5.41, 5.74) is -0.128. The van der Waals surface area contributed by atoms with E-state index in [0.29, 0.717) is 16.3 Å². The van der Waals surface area contributed by atoms with E-state index in [-0.39, 0.29) is 21.6 Å². The topological polar surface area (TPSA) is 77.0 Å². The lowest BCUT2D eigenvalue weighted by Crippen LogP contribution is -2.13. The number of aromatic nitrogens is 2. The second kappa shape index (κ2) is 7.61. The Morgan fingerprint density at radius 1 is 1.22 bits per heavy atom. The number of nitrogens with zero attached hydrogens (tertiary/aromatic N) is 2. The molecule has 0 saturated carbocycles. The van der Waals surface area contributed by atoms with Crippen LogP contribution >= 0.6 is 35.0 Å². The summed E-state index contributed by atoms with van der Waals surface area (Å²) in [5.74, 6) is -0.0907. The zero-order chi connectivity index (χ0) is 17.0. The van der Waals surface area contributed by atoms with Crippen molar-refractivity contribution in [2.45, 2.75) is 23.4 Å². The van der Waals surface area contributed by atoms with Gasteiger partial charge in [0.2, 0.25) is 20.1 Å². The fraction of sp³-hybridized carbons (Fsp3) is 0.214. The van der Waals surface area contributed by atoms with E-state index in [1.54, 1.807) is 31.2 Å². The monoisotopic (exact) mass is 390 g/mol. The van der Waals surface area contributed by atoms with E-state index in [4.69, 9.17) is 23.2 Å². The lowest BCUT2D eigenvalue weighted by molar-refractivity contribution is 0.108. The minimum atomic E-state index is -3.62. The molecule has 0 N–H and O–H groups in total. The van der Waals surface area contributed by atoms with Crippen LogP contribution in [-0.2, 0) is 9.84 Å². The van der Waals surface area contributed by atoms with Gasteiger partial charge in [-0.3, -0.25) is 4.79 Å². The Balaban J connectivity index is 2.31. The van der Waals surface area contributed by atoms with Crippen molar-refractivity contribution >= 4 is 49.9 Å². The predicted octanol–water partition coefficient (Wildman–Crippen LogP) is 3.90. The van der Waals surface area contributed by atoms with Gasteiger partial charge in [0.25, 0.3) is 0 Å². The van der Waals surface area contributed by atoms with Crippen LogP contribution in [0.4, 0.5) is 0 Å². The third kappa shape index (κ3) is 4.67. The first-order chi connectivity index (χ1) is 10.8. The fourth-order valence-electron chi connectivity index (χ4n) is 1.66. The number of halogens is 2. The molecule has 0 spiro atoms. The first-order valence-electron chi connectivity index (χ1n) is 6.56. The van der Waals surface area contributed by atoms with Crippen LogP contribution in [0.2, 0.25) is 10.0 Å². The number of sulfone groups is 1. The third-order valence-electron chi connectivity index (χ3n) is 2.69. The molecule has 23 heavy (non-hydrogen) atoms. The maximum atomic E-state index is 12.3. The van der Waals surface area contributed by atoms with Gasteiger partial charge in [0, 0.05) is 9.92 Å². The maximum absolute atomic E-state index is 12.3. The Morgan fingerprint density at radius 2 is 1.87 bits per heavy atom. The molecule has 0 aliphatic heterocycles. The molecule has 0 aliphatic rings. The molecule has 122 valence electrons. The van der Waals surface area contributed by atoms with Crippen LogP contribution in [0.25, 0.3) is 0 Å². The molecule has 0 atom stereocenters. The Morgan fingerprint density at radius 3 is 2.48 bits per heavy atom. The minimum absolute atomic E-state index is 0.00640. The molecule has 2 aromatic rings. The average molecular weight is 391 g/mol. The number of hydrogen-bond acceptors (Lipinski definition) is 6. The van der Waals surface area contributed by atoms with E-state index in [9.17, 15) is 13.2 Å². The zero-order valence-corrected chi connectivity index (χ0v) is 15.1. The van der Waals surface area contributed by atoms with Crippen LogP contribution in [0.3, 0.4) is 0 Å². The van der Waals surface area contributed by atoms with E-state index in [2.05, 4.69) is 9.97 Å².